The monoisotopic (exact) mass is 615 g/mol. The number of fused-ring (bicyclic) bond motifs is 3. The van der Waals surface area contributed by atoms with Gasteiger partial charge in [-0.05, 0) is 71.0 Å². The minimum absolute atomic E-state index is 0.0116. The molecule has 0 saturated carbocycles. The fourth-order valence-electron chi connectivity index (χ4n) is 4.89. The fourth-order valence-corrected chi connectivity index (χ4v) is 6.03. The van der Waals surface area contributed by atoms with Crippen molar-refractivity contribution in [2.24, 2.45) is 0 Å². The second kappa shape index (κ2) is 12.4. The summed E-state index contributed by atoms with van der Waals surface area (Å²) >= 11 is 1.62. The Morgan fingerprint density at radius 2 is 1.74 bits per heavy atom. The maximum absolute atomic E-state index is 12.8. The molecule has 1 amide bonds. The van der Waals surface area contributed by atoms with Gasteiger partial charge in [0.1, 0.15) is 11.4 Å². The van der Waals surface area contributed by atoms with E-state index in [-0.39, 0.29) is 29.9 Å². The highest BCUT2D eigenvalue weighted by Crippen LogP contribution is 2.32. The normalized spacial score (nSPS) is 15.1. The van der Waals surface area contributed by atoms with E-state index in [4.69, 9.17) is 14.8 Å². The average Bonchev–Trinajstić information content (AvgIpc) is 3.36. The van der Waals surface area contributed by atoms with Crippen LogP contribution in [-0.4, -0.2) is 68.2 Å². The van der Waals surface area contributed by atoms with Gasteiger partial charge in [-0.3, -0.25) is 14.5 Å². The van der Waals surface area contributed by atoms with Crippen LogP contribution in [0.25, 0.3) is 16.4 Å². The number of para-hydroxylation sites is 2. The first-order valence-corrected chi connectivity index (χ1v) is 14.7. The number of hydrogen-bond acceptors (Lipinski definition) is 8. The molecular weight excluding hydrogens is 583 g/mol. The van der Waals surface area contributed by atoms with Gasteiger partial charge in [0.2, 0.25) is 0 Å². The molecule has 4 aromatic rings. The van der Waals surface area contributed by atoms with Crippen LogP contribution in [0.4, 0.5) is 13.2 Å². The zero-order chi connectivity index (χ0) is 30.8. The van der Waals surface area contributed by atoms with Crippen LogP contribution in [0.15, 0.2) is 59.8 Å². The van der Waals surface area contributed by atoms with Crippen molar-refractivity contribution in [1.29, 1.82) is 0 Å². The number of halogens is 3. The SMILES string of the molecule is CC(C)(C)OC(=O)CN1CCC(Sc2nc3ccccc3c3cc(CNC(=O)c4ccccc4OC(F)(F)F)nn23)CC1. The Morgan fingerprint density at radius 1 is 1.05 bits per heavy atom. The van der Waals surface area contributed by atoms with Gasteiger partial charge < -0.3 is 14.8 Å². The van der Waals surface area contributed by atoms with Crippen molar-refractivity contribution in [2.75, 3.05) is 19.6 Å². The van der Waals surface area contributed by atoms with Crippen LogP contribution in [0.2, 0.25) is 0 Å². The van der Waals surface area contributed by atoms with Gasteiger partial charge in [0.25, 0.3) is 5.91 Å². The number of nitrogens with zero attached hydrogens (tertiary/aromatic N) is 4. The van der Waals surface area contributed by atoms with E-state index in [0.29, 0.717) is 10.9 Å². The van der Waals surface area contributed by atoms with E-state index in [9.17, 15) is 22.8 Å². The summed E-state index contributed by atoms with van der Waals surface area (Å²) in [5, 5.41) is 9.18. The molecule has 228 valence electrons. The molecule has 13 heteroatoms. The summed E-state index contributed by atoms with van der Waals surface area (Å²) in [5.74, 6) is -1.52. The summed E-state index contributed by atoms with van der Waals surface area (Å²) in [6.07, 6.45) is -3.21. The van der Waals surface area contributed by atoms with Crippen LogP contribution in [0.5, 0.6) is 5.75 Å². The van der Waals surface area contributed by atoms with E-state index in [1.54, 1.807) is 16.3 Å². The maximum Gasteiger partial charge on any atom is 0.573 e. The van der Waals surface area contributed by atoms with E-state index in [2.05, 4.69) is 15.0 Å². The van der Waals surface area contributed by atoms with Gasteiger partial charge in [0, 0.05) is 10.6 Å². The van der Waals surface area contributed by atoms with Crippen LogP contribution in [-0.2, 0) is 16.1 Å². The third-order valence-corrected chi connectivity index (χ3v) is 7.98. The molecule has 5 rings (SSSR count). The van der Waals surface area contributed by atoms with Crippen LogP contribution < -0.4 is 10.1 Å². The molecule has 2 aromatic heterocycles. The standard InChI is InChI=1S/C30H32F3N5O4S/c1-29(2,3)42-26(39)18-37-14-12-20(13-15-37)43-28-35-23-10-6-4-8-21(23)24-16-19(36-38(24)28)17-34-27(40)22-9-5-7-11-25(22)41-30(31,32)33/h4-11,16,20H,12-15,17-18H2,1-3H3,(H,34,40). The summed E-state index contributed by atoms with van der Waals surface area (Å²) < 4.78 is 49.7. The predicted molar refractivity (Wildman–Crippen MR) is 156 cm³/mol. The Bertz CT molecular complexity index is 1630. The first kappa shape index (κ1) is 30.6. The molecule has 1 saturated heterocycles. The molecule has 0 radical (unpaired) electrons. The minimum atomic E-state index is -4.92. The smallest absolute Gasteiger partial charge is 0.459 e. The summed E-state index contributed by atoms with van der Waals surface area (Å²) in [4.78, 5) is 32.0. The first-order chi connectivity index (χ1) is 20.3. The highest BCUT2D eigenvalue weighted by atomic mass is 32.2. The molecule has 0 spiro atoms. The number of esters is 1. The van der Waals surface area contributed by atoms with Gasteiger partial charge in [-0.2, -0.15) is 5.10 Å². The van der Waals surface area contributed by atoms with Gasteiger partial charge in [-0.1, -0.05) is 42.1 Å². The number of likely N-dealkylation sites (tertiary alicyclic amines) is 1. The van der Waals surface area contributed by atoms with Crippen LogP contribution in [0.1, 0.15) is 49.7 Å². The Kier molecular flexibility index (Phi) is 8.84. The molecule has 0 bridgehead atoms. The van der Waals surface area contributed by atoms with Crippen molar-refractivity contribution < 1.29 is 32.2 Å². The van der Waals surface area contributed by atoms with Crippen molar-refractivity contribution in [2.45, 2.75) is 62.5 Å². The summed E-state index contributed by atoms with van der Waals surface area (Å²) in [5.41, 5.74) is 1.38. The third-order valence-electron chi connectivity index (χ3n) is 6.70. The number of amides is 1. The van der Waals surface area contributed by atoms with Crippen molar-refractivity contribution in [1.82, 2.24) is 24.8 Å². The topological polar surface area (TPSA) is 98.1 Å². The number of rotatable bonds is 8. The highest BCUT2D eigenvalue weighted by molar-refractivity contribution is 7.99. The molecule has 43 heavy (non-hydrogen) atoms. The summed E-state index contributed by atoms with van der Waals surface area (Å²) in [6.45, 7) is 7.31. The minimum Gasteiger partial charge on any atom is -0.459 e. The van der Waals surface area contributed by atoms with Crippen molar-refractivity contribution >= 4 is 40.1 Å². The predicted octanol–water partition coefficient (Wildman–Crippen LogP) is 5.61. The zero-order valence-corrected chi connectivity index (χ0v) is 24.8. The number of nitrogens with one attached hydrogen (secondary N) is 1. The molecule has 1 aliphatic rings. The molecule has 0 atom stereocenters. The number of carbonyl (C=O) groups excluding carboxylic acids is 2. The summed E-state index contributed by atoms with van der Waals surface area (Å²) in [7, 11) is 0. The molecule has 0 unspecified atom stereocenters. The van der Waals surface area contributed by atoms with Crippen LogP contribution >= 0.6 is 11.8 Å². The van der Waals surface area contributed by atoms with E-state index < -0.39 is 23.6 Å². The number of hydrogen-bond donors (Lipinski definition) is 1. The Morgan fingerprint density at radius 3 is 2.47 bits per heavy atom. The quantitative estimate of drug-likeness (QED) is 0.202. The zero-order valence-electron chi connectivity index (χ0n) is 24.0. The lowest BCUT2D eigenvalue weighted by molar-refractivity contribution is -0.274. The van der Waals surface area contributed by atoms with E-state index in [1.807, 2.05) is 51.1 Å². The molecule has 9 nitrogen and oxygen atoms in total. The number of thioether (sulfide) groups is 1. The average molecular weight is 616 g/mol. The number of benzene rings is 2. The Balaban J connectivity index is 1.30. The molecule has 0 aliphatic carbocycles. The second-order valence-electron chi connectivity index (χ2n) is 11.3. The molecule has 3 heterocycles. The van der Waals surface area contributed by atoms with Crippen molar-refractivity contribution in [3.8, 4) is 5.75 Å². The van der Waals surface area contributed by atoms with Gasteiger partial charge in [-0.25, -0.2) is 9.50 Å². The first-order valence-electron chi connectivity index (χ1n) is 13.9. The number of piperidine rings is 1. The van der Waals surface area contributed by atoms with Gasteiger partial charge in [0.05, 0.1) is 35.4 Å². The molecule has 1 N–H and O–H groups in total. The van der Waals surface area contributed by atoms with E-state index in [1.165, 1.54) is 18.2 Å². The molecule has 1 fully saturated rings. The lowest BCUT2D eigenvalue weighted by Gasteiger charge is -2.31. The molecular formula is C30H32F3N5O4S. The van der Waals surface area contributed by atoms with Gasteiger partial charge >= 0.3 is 12.3 Å². The number of alkyl halides is 3. The second-order valence-corrected chi connectivity index (χ2v) is 12.5. The van der Waals surface area contributed by atoms with E-state index in [0.717, 1.165) is 48.4 Å². The number of carbonyl (C=O) groups is 2. The lowest BCUT2D eigenvalue weighted by atomic mass is 10.1. The van der Waals surface area contributed by atoms with E-state index >= 15 is 0 Å². The fraction of sp³-hybridized carbons (Fsp3) is 0.400. The summed E-state index contributed by atoms with van der Waals surface area (Å²) in [6, 6.07) is 14.7. The number of aromatic nitrogens is 3. The van der Waals surface area contributed by atoms with Crippen molar-refractivity contribution in [3.63, 3.8) is 0 Å². The Hall–Kier alpha value is -3.84. The lowest BCUT2D eigenvalue weighted by Crippen LogP contribution is -2.40. The highest BCUT2D eigenvalue weighted by Gasteiger charge is 2.33. The third kappa shape index (κ3) is 7.96. The van der Waals surface area contributed by atoms with Gasteiger partial charge in [0.15, 0.2) is 5.16 Å². The number of ether oxygens (including phenoxy) is 2. The van der Waals surface area contributed by atoms with Crippen LogP contribution in [0, 0.1) is 0 Å². The van der Waals surface area contributed by atoms with Gasteiger partial charge in [-0.15, -0.1) is 13.2 Å². The maximum atomic E-state index is 12.8. The Labute approximate surface area is 250 Å². The molecule has 1 aliphatic heterocycles. The largest absolute Gasteiger partial charge is 0.573 e. The van der Waals surface area contributed by atoms with Crippen LogP contribution in [0.3, 0.4) is 0 Å². The van der Waals surface area contributed by atoms with Crippen molar-refractivity contribution in [3.05, 3.63) is 65.9 Å². The molecule has 2 aromatic carbocycles.